The van der Waals surface area contributed by atoms with Crippen molar-refractivity contribution in [2.24, 2.45) is 39.4 Å². The number of aldehydes is 1. The summed E-state index contributed by atoms with van der Waals surface area (Å²) >= 11 is 0. The van der Waals surface area contributed by atoms with Gasteiger partial charge in [0.15, 0.2) is 12.1 Å². The normalized spacial score (nSPS) is 52.7. The first-order chi connectivity index (χ1) is 19.6. The highest BCUT2D eigenvalue weighted by atomic mass is 16.6. The van der Waals surface area contributed by atoms with Gasteiger partial charge in [0, 0.05) is 45.1 Å². The molecule has 1 spiro atoms. The van der Waals surface area contributed by atoms with Crippen LogP contribution < -0.4 is 0 Å². The predicted octanol–water partition coefficient (Wildman–Crippen LogP) is 1.14. The Morgan fingerprint density at radius 3 is 2.40 bits per heavy atom. The molecule has 4 fully saturated rings. The number of allylic oxidation sites excluding steroid dienone is 2. The molecular weight excluding hydrogens is 548 g/mol. The van der Waals surface area contributed by atoms with Gasteiger partial charge >= 0.3 is 11.9 Å². The third-order valence-corrected chi connectivity index (χ3v) is 11.8. The van der Waals surface area contributed by atoms with E-state index in [2.05, 4.69) is 0 Å². The van der Waals surface area contributed by atoms with Gasteiger partial charge in [-0.15, -0.1) is 0 Å². The molecule has 2 saturated carbocycles. The summed E-state index contributed by atoms with van der Waals surface area (Å²) in [5.41, 5.74) is -6.90. The number of ketones is 1. The lowest BCUT2D eigenvalue weighted by molar-refractivity contribution is -0.255. The number of hydrogen-bond acceptors (Lipinski definition) is 11. The van der Waals surface area contributed by atoms with E-state index in [-0.39, 0.29) is 24.4 Å². The molecule has 6 rings (SSSR count). The van der Waals surface area contributed by atoms with Gasteiger partial charge in [-0.3, -0.25) is 4.79 Å². The molecule has 3 aliphatic heterocycles. The maximum atomic E-state index is 13.9. The minimum absolute atomic E-state index is 0.00210. The third kappa shape index (κ3) is 3.13. The summed E-state index contributed by atoms with van der Waals surface area (Å²) in [5, 5.41) is 33.9. The van der Waals surface area contributed by atoms with Crippen molar-refractivity contribution in [2.45, 2.75) is 84.5 Å². The van der Waals surface area contributed by atoms with E-state index in [1.165, 1.54) is 19.1 Å². The number of ether oxygens (including phenoxy) is 4. The molecule has 3 aliphatic carbocycles. The molecule has 0 aromatic heterocycles. The van der Waals surface area contributed by atoms with Crippen LogP contribution >= 0.6 is 0 Å². The van der Waals surface area contributed by atoms with E-state index in [9.17, 15) is 34.5 Å². The van der Waals surface area contributed by atoms with E-state index in [0.717, 1.165) is 0 Å². The first-order valence-corrected chi connectivity index (χ1v) is 14.4. The summed E-state index contributed by atoms with van der Waals surface area (Å²) in [6.07, 6.45) is -0.176. The lowest BCUT2D eigenvalue weighted by Gasteiger charge is -2.63. The molecule has 13 unspecified atom stereocenters. The number of aliphatic hydroxyl groups is 3. The Bertz CT molecular complexity index is 1370. The Morgan fingerprint density at radius 1 is 1.12 bits per heavy atom. The van der Waals surface area contributed by atoms with Crippen molar-refractivity contribution < 1.29 is 53.4 Å². The molecule has 228 valence electrons. The molecule has 42 heavy (non-hydrogen) atoms. The number of hydrogen-bond donors (Lipinski definition) is 3. The van der Waals surface area contributed by atoms with Crippen molar-refractivity contribution in [3.8, 4) is 0 Å². The van der Waals surface area contributed by atoms with Gasteiger partial charge in [0.25, 0.3) is 0 Å². The number of carbonyl (C=O) groups excluding carboxylic acids is 4. The van der Waals surface area contributed by atoms with Crippen LogP contribution in [0.2, 0.25) is 0 Å². The fourth-order valence-electron chi connectivity index (χ4n) is 10.0. The summed E-state index contributed by atoms with van der Waals surface area (Å²) in [6.45, 7) is 10.4. The Labute approximate surface area is 243 Å². The van der Waals surface area contributed by atoms with Gasteiger partial charge in [-0.05, 0) is 39.3 Å². The summed E-state index contributed by atoms with van der Waals surface area (Å²) in [7, 11) is 0. The van der Waals surface area contributed by atoms with Crippen molar-refractivity contribution in [2.75, 3.05) is 6.61 Å². The lowest BCUT2D eigenvalue weighted by Crippen LogP contribution is -2.74. The molecule has 13 atom stereocenters. The zero-order chi connectivity index (χ0) is 30.8. The van der Waals surface area contributed by atoms with E-state index < -0.39 is 87.8 Å². The molecule has 6 aliphatic rings. The van der Waals surface area contributed by atoms with Gasteiger partial charge in [0.1, 0.15) is 18.0 Å². The van der Waals surface area contributed by atoms with Crippen LogP contribution in [0.4, 0.5) is 0 Å². The van der Waals surface area contributed by atoms with Crippen molar-refractivity contribution in [1.29, 1.82) is 0 Å². The second-order valence-corrected chi connectivity index (χ2v) is 13.7. The van der Waals surface area contributed by atoms with Crippen molar-refractivity contribution >= 4 is 24.0 Å². The van der Waals surface area contributed by atoms with Crippen LogP contribution in [0.3, 0.4) is 0 Å². The summed E-state index contributed by atoms with van der Waals surface area (Å²) in [4.78, 5) is 53.4. The highest BCUT2D eigenvalue weighted by Gasteiger charge is 2.87. The zero-order valence-electron chi connectivity index (χ0n) is 24.5. The second kappa shape index (κ2) is 8.92. The van der Waals surface area contributed by atoms with Crippen molar-refractivity contribution in [3.63, 3.8) is 0 Å². The smallest absolute Gasteiger partial charge is 0.336 e. The molecule has 3 heterocycles. The van der Waals surface area contributed by atoms with Crippen LogP contribution in [-0.2, 0) is 38.1 Å². The van der Waals surface area contributed by atoms with Gasteiger partial charge in [0.2, 0.25) is 6.29 Å². The first-order valence-electron chi connectivity index (χ1n) is 14.4. The van der Waals surface area contributed by atoms with Gasteiger partial charge in [-0.2, -0.15) is 0 Å². The van der Waals surface area contributed by atoms with E-state index in [4.69, 9.17) is 18.9 Å². The summed E-state index contributed by atoms with van der Waals surface area (Å²) < 4.78 is 24.0. The van der Waals surface area contributed by atoms with E-state index in [1.54, 1.807) is 39.8 Å². The molecule has 0 aromatic carbocycles. The molecule has 3 N–H and O–H groups in total. The van der Waals surface area contributed by atoms with Crippen LogP contribution in [-0.4, -0.2) is 82.4 Å². The van der Waals surface area contributed by atoms with Gasteiger partial charge in [-0.25, -0.2) is 9.59 Å². The Balaban J connectivity index is 1.62. The van der Waals surface area contributed by atoms with Gasteiger partial charge in [-0.1, -0.05) is 32.9 Å². The van der Waals surface area contributed by atoms with E-state index in [1.807, 2.05) is 6.92 Å². The second-order valence-electron chi connectivity index (χ2n) is 13.7. The minimum Gasteiger partial charge on any atom is -0.456 e. The average Bonchev–Trinajstić information content (AvgIpc) is 3.61. The summed E-state index contributed by atoms with van der Waals surface area (Å²) in [5.74, 6) is -4.34. The standard InChI is InChI=1S/C31H38O11/c1-7-14(2)24(36)41-23-20-21-27(3,13-39-20)9-8-17(33)29(21,5)22-26(38)42-31(30(22,23)6)18(34)11-16(28(31,4)12-32)15-10-19(35)40-25(15)37/h7-10,12,16,18-23,26,34-35,38H,11,13H2,1-6H3. The topological polar surface area (TPSA) is 166 Å². The van der Waals surface area contributed by atoms with Crippen LogP contribution in [0.1, 0.15) is 48.0 Å². The van der Waals surface area contributed by atoms with Crippen molar-refractivity contribution in [3.05, 3.63) is 35.5 Å². The van der Waals surface area contributed by atoms with E-state index in [0.29, 0.717) is 11.9 Å². The number of rotatable bonds is 4. The van der Waals surface area contributed by atoms with Crippen LogP contribution in [0.5, 0.6) is 0 Å². The zero-order valence-corrected chi connectivity index (χ0v) is 24.5. The number of esters is 2. The molecule has 0 aromatic rings. The number of carbonyl (C=O) groups is 4. The largest absolute Gasteiger partial charge is 0.456 e. The monoisotopic (exact) mass is 586 g/mol. The number of aliphatic hydroxyl groups excluding tert-OH is 3. The van der Waals surface area contributed by atoms with Gasteiger partial charge in [0.05, 0.1) is 24.2 Å². The SMILES string of the molecule is CC=C(C)C(=O)OC1C2OCC3(C)C=CC(=O)C(C)(C23)C2C(O)OC3(C(O)CC(C4=CC(O)OC4=O)C3(C)C=O)C12C. The Hall–Kier alpha value is -2.70. The highest BCUT2D eigenvalue weighted by Crippen LogP contribution is 2.76. The Morgan fingerprint density at radius 2 is 1.81 bits per heavy atom. The molecule has 11 nitrogen and oxygen atoms in total. The fraction of sp³-hybridized carbons (Fsp3) is 0.677. The molecule has 2 saturated heterocycles. The maximum absolute atomic E-state index is 13.9. The highest BCUT2D eigenvalue weighted by molar-refractivity contribution is 5.97. The molecule has 0 bridgehead atoms. The minimum atomic E-state index is -1.96. The fourth-order valence-corrected chi connectivity index (χ4v) is 10.0. The molecule has 11 heteroatoms. The van der Waals surface area contributed by atoms with Crippen molar-refractivity contribution in [1.82, 2.24) is 0 Å². The molecule has 0 radical (unpaired) electrons. The van der Waals surface area contributed by atoms with Crippen LogP contribution in [0, 0.1) is 39.4 Å². The number of fused-ring (bicyclic) bond motifs is 3. The maximum Gasteiger partial charge on any atom is 0.336 e. The first kappa shape index (κ1) is 29.4. The molecular formula is C31H38O11. The average molecular weight is 587 g/mol. The van der Waals surface area contributed by atoms with Gasteiger partial charge < -0.3 is 39.1 Å². The van der Waals surface area contributed by atoms with E-state index >= 15 is 0 Å². The number of cyclic esters (lactones) is 1. The Kier molecular flexibility index (Phi) is 6.24. The molecule has 0 amide bonds. The lowest BCUT2D eigenvalue weighted by atomic mass is 9.39. The van der Waals surface area contributed by atoms with Crippen LogP contribution in [0.25, 0.3) is 0 Å². The predicted molar refractivity (Wildman–Crippen MR) is 143 cm³/mol. The van der Waals surface area contributed by atoms with Crippen LogP contribution in [0.15, 0.2) is 35.5 Å². The quantitative estimate of drug-likeness (QED) is 0.246. The summed E-state index contributed by atoms with van der Waals surface area (Å²) in [6, 6.07) is 0. The third-order valence-electron chi connectivity index (χ3n) is 11.8.